The number of rotatable bonds is 1. The van der Waals surface area contributed by atoms with Gasteiger partial charge in [0.25, 0.3) is 0 Å². The second-order valence-electron chi connectivity index (χ2n) is 4.47. The van der Waals surface area contributed by atoms with E-state index in [1.165, 1.54) is 6.92 Å². The molecule has 0 radical (unpaired) electrons. The molecule has 2 saturated heterocycles. The topological polar surface area (TPSA) is 49.4 Å². The van der Waals surface area contributed by atoms with Crippen molar-refractivity contribution in [2.45, 2.75) is 25.8 Å². The number of carbonyl (C=O) groups excluding carboxylic acids is 1. The minimum Gasteiger partial charge on any atom is -0.871 e. The lowest BCUT2D eigenvalue weighted by molar-refractivity contribution is -0.899. The molecule has 0 amide bonds. The predicted molar refractivity (Wildman–Crippen MR) is 56.9 cm³/mol. The highest BCUT2D eigenvalue weighted by atomic mass is 16.5. The molecule has 0 saturated carbocycles. The van der Waals surface area contributed by atoms with E-state index in [2.05, 4.69) is 6.58 Å². The first-order chi connectivity index (χ1) is 7.62. The zero-order valence-corrected chi connectivity index (χ0v) is 9.57. The summed E-state index contributed by atoms with van der Waals surface area (Å²) < 4.78 is 5.45. The van der Waals surface area contributed by atoms with E-state index in [0.29, 0.717) is 23.3 Å². The van der Waals surface area contributed by atoms with Crippen LogP contribution >= 0.6 is 0 Å². The van der Waals surface area contributed by atoms with E-state index in [-0.39, 0.29) is 11.8 Å². The number of carbonyl (C=O) groups is 1. The first kappa shape index (κ1) is 11.2. The molecule has 2 aliphatic rings. The van der Waals surface area contributed by atoms with Crippen molar-refractivity contribution < 1.29 is 19.1 Å². The Balaban J connectivity index is 2.48. The average Bonchev–Trinajstić information content (AvgIpc) is 2.60. The second-order valence-corrected chi connectivity index (χ2v) is 4.47. The van der Waals surface area contributed by atoms with Gasteiger partial charge in [0, 0.05) is 12.8 Å². The first-order valence-corrected chi connectivity index (χ1v) is 5.67. The Kier molecular flexibility index (Phi) is 2.76. The van der Waals surface area contributed by atoms with Crippen LogP contribution in [-0.2, 0) is 9.53 Å². The fourth-order valence-electron chi connectivity index (χ4n) is 2.99. The molecule has 0 aliphatic carbocycles. The maximum Gasteiger partial charge on any atom is 0.392 e. The van der Waals surface area contributed by atoms with Gasteiger partial charge in [0.1, 0.15) is 19.2 Å². The molecule has 0 aromatic rings. The van der Waals surface area contributed by atoms with Crippen LogP contribution < -0.4 is 5.11 Å². The van der Waals surface area contributed by atoms with Gasteiger partial charge in [-0.25, -0.2) is 4.79 Å². The molecule has 1 spiro atoms. The van der Waals surface area contributed by atoms with Gasteiger partial charge < -0.3 is 9.84 Å². The lowest BCUT2D eigenvalue weighted by atomic mass is 10.1. The van der Waals surface area contributed by atoms with Crippen LogP contribution in [0.3, 0.4) is 0 Å². The van der Waals surface area contributed by atoms with Gasteiger partial charge in [-0.2, -0.15) is 0 Å². The summed E-state index contributed by atoms with van der Waals surface area (Å²) >= 11 is 0. The fraction of sp³-hybridized carbons (Fsp3) is 0.583. The molecule has 16 heavy (non-hydrogen) atoms. The number of morpholine rings is 1. The molecule has 2 heterocycles. The van der Waals surface area contributed by atoms with Crippen LogP contribution in [0.25, 0.3) is 0 Å². The van der Waals surface area contributed by atoms with Crippen molar-refractivity contribution in [2.24, 2.45) is 0 Å². The predicted octanol–water partition coefficient (Wildman–Crippen LogP) is 0.300. The third-order valence-electron chi connectivity index (χ3n) is 3.66. The van der Waals surface area contributed by atoms with E-state index in [4.69, 9.17) is 4.74 Å². The Morgan fingerprint density at radius 2 is 2.38 bits per heavy atom. The molecule has 2 rings (SSSR count). The van der Waals surface area contributed by atoms with E-state index in [1.807, 2.05) is 6.08 Å². The monoisotopic (exact) mass is 223 g/mol. The van der Waals surface area contributed by atoms with E-state index >= 15 is 0 Å². The van der Waals surface area contributed by atoms with E-state index in [9.17, 15) is 9.90 Å². The Morgan fingerprint density at radius 3 is 3.00 bits per heavy atom. The lowest BCUT2D eigenvalue weighted by Crippen LogP contribution is -2.58. The number of allylic oxidation sites excluding steroid dienone is 1. The molecule has 0 N–H and O–H groups in total. The van der Waals surface area contributed by atoms with Crippen molar-refractivity contribution in [1.29, 1.82) is 0 Å². The molecule has 88 valence electrons. The van der Waals surface area contributed by atoms with Crippen molar-refractivity contribution >= 4 is 5.97 Å². The Bertz CT molecular complexity index is 357. The van der Waals surface area contributed by atoms with Crippen LogP contribution in [-0.4, -0.2) is 36.2 Å². The van der Waals surface area contributed by atoms with Crippen molar-refractivity contribution in [3.63, 3.8) is 0 Å². The zero-order valence-electron chi connectivity index (χ0n) is 9.57. The van der Waals surface area contributed by atoms with Crippen LogP contribution in [0.4, 0.5) is 0 Å². The standard InChI is InChI=1S/C12H17NO3/c1-3-10-5-4-6-13(10)7-8-16-12(15)11(13)9(2)14/h3,10H,1,4-8H2,2H3/t10-,13+/m1/s1. The van der Waals surface area contributed by atoms with E-state index < -0.39 is 5.97 Å². The minimum atomic E-state index is -0.437. The van der Waals surface area contributed by atoms with Crippen molar-refractivity contribution in [2.75, 3.05) is 19.7 Å². The largest absolute Gasteiger partial charge is 0.871 e. The third-order valence-corrected chi connectivity index (χ3v) is 3.66. The minimum absolute atomic E-state index is 0.168. The summed E-state index contributed by atoms with van der Waals surface area (Å²) in [5.41, 5.74) is 0.314. The number of cyclic esters (lactones) is 1. The number of hydrogen-bond donors (Lipinski definition) is 0. The van der Waals surface area contributed by atoms with E-state index in [0.717, 1.165) is 19.4 Å². The highest BCUT2D eigenvalue weighted by molar-refractivity contribution is 5.87. The van der Waals surface area contributed by atoms with Gasteiger partial charge in [0.05, 0.1) is 6.54 Å². The molecular formula is C12H17NO3. The van der Waals surface area contributed by atoms with Gasteiger partial charge in [-0.1, -0.05) is 12.3 Å². The summed E-state index contributed by atoms with van der Waals surface area (Å²) in [5, 5.41) is 11.6. The maximum absolute atomic E-state index is 11.7. The van der Waals surface area contributed by atoms with Crippen molar-refractivity contribution in [3.8, 4) is 0 Å². The normalized spacial score (nSPS) is 37.3. The van der Waals surface area contributed by atoms with Gasteiger partial charge >= 0.3 is 5.97 Å². The van der Waals surface area contributed by atoms with Gasteiger partial charge in [-0.15, -0.1) is 0 Å². The lowest BCUT2D eigenvalue weighted by Gasteiger charge is -2.43. The van der Waals surface area contributed by atoms with Crippen LogP contribution in [0.1, 0.15) is 19.8 Å². The molecule has 2 fully saturated rings. The van der Waals surface area contributed by atoms with Crippen LogP contribution in [0.15, 0.2) is 24.1 Å². The van der Waals surface area contributed by atoms with Crippen molar-refractivity contribution in [3.05, 3.63) is 24.1 Å². The number of quaternary nitrogens is 1. The third kappa shape index (κ3) is 1.45. The molecule has 0 aromatic heterocycles. The second kappa shape index (κ2) is 3.94. The average molecular weight is 223 g/mol. The highest BCUT2D eigenvalue weighted by Crippen LogP contribution is 2.36. The molecule has 2 aliphatic heterocycles. The van der Waals surface area contributed by atoms with Gasteiger partial charge in [0.15, 0.2) is 0 Å². The summed E-state index contributed by atoms with van der Waals surface area (Å²) in [6, 6.07) is 0.187. The number of ether oxygens (including phenoxy) is 1. The summed E-state index contributed by atoms with van der Waals surface area (Å²) in [7, 11) is 0. The van der Waals surface area contributed by atoms with Crippen molar-refractivity contribution in [1.82, 2.24) is 0 Å². The Labute approximate surface area is 95.4 Å². The SMILES string of the molecule is C=C[C@@H]1CCC[N@+]12CCOC(=O)/C2=C(\C)[O-]. The molecule has 4 heteroatoms. The number of nitrogens with zero attached hydrogens (tertiary/aromatic N) is 1. The Morgan fingerprint density at radius 1 is 1.62 bits per heavy atom. The molecular weight excluding hydrogens is 206 g/mol. The summed E-state index contributed by atoms with van der Waals surface area (Å²) in [4.78, 5) is 11.7. The van der Waals surface area contributed by atoms with Crippen LogP contribution in [0.2, 0.25) is 0 Å². The van der Waals surface area contributed by atoms with E-state index in [1.54, 1.807) is 0 Å². The van der Waals surface area contributed by atoms with Crippen LogP contribution in [0.5, 0.6) is 0 Å². The maximum atomic E-state index is 11.7. The summed E-state index contributed by atoms with van der Waals surface area (Å²) in [6.45, 7) is 7.22. The van der Waals surface area contributed by atoms with Gasteiger partial charge in [0.2, 0.25) is 5.70 Å². The highest BCUT2D eigenvalue weighted by Gasteiger charge is 2.49. The quantitative estimate of drug-likeness (QED) is 0.211. The van der Waals surface area contributed by atoms with Gasteiger partial charge in [-0.3, -0.25) is 4.48 Å². The molecule has 4 nitrogen and oxygen atoms in total. The Hall–Kier alpha value is -1.29. The van der Waals surface area contributed by atoms with Crippen LogP contribution in [0, 0.1) is 0 Å². The molecule has 0 bridgehead atoms. The zero-order chi connectivity index (χ0) is 11.8. The van der Waals surface area contributed by atoms with Gasteiger partial charge in [-0.05, 0) is 13.0 Å². The molecule has 2 atom stereocenters. The summed E-state index contributed by atoms with van der Waals surface area (Å²) in [6.07, 6.45) is 3.89. The molecule has 0 aromatic carbocycles. The first-order valence-electron chi connectivity index (χ1n) is 5.67. The smallest absolute Gasteiger partial charge is 0.392 e. The summed E-state index contributed by atoms with van der Waals surface area (Å²) in [5.74, 6) is -0.606. The fourth-order valence-corrected chi connectivity index (χ4v) is 2.99. The number of hydrogen-bond acceptors (Lipinski definition) is 3. The number of esters is 1. The molecule has 0 unspecified atom stereocenters.